The second kappa shape index (κ2) is 6.57. The van der Waals surface area contributed by atoms with Crippen LogP contribution in [0.15, 0.2) is 28.7 Å². The van der Waals surface area contributed by atoms with Crippen molar-refractivity contribution in [3.8, 4) is 0 Å². The molecule has 0 aliphatic carbocycles. The molecule has 1 heterocycles. The average molecular weight is 375 g/mol. The van der Waals surface area contributed by atoms with Crippen LogP contribution in [0.3, 0.4) is 0 Å². The number of carbonyl (C=O) groups excluding carboxylic acids is 2. The lowest BCUT2D eigenvalue weighted by Crippen LogP contribution is -2.45. The van der Waals surface area contributed by atoms with Gasteiger partial charge in [0.2, 0.25) is 11.8 Å². The molecule has 1 aromatic rings. The van der Waals surface area contributed by atoms with E-state index in [1.54, 1.807) is 12.1 Å². The predicted molar refractivity (Wildman–Crippen MR) is 80.9 cm³/mol. The molecule has 1 aromatic carbocycles. The molecular weight excluding hydrogens is 360 g/mol. The molecule has 0 saturated carbocycles. The Bertz CT molecular complexity index is 643. The summed E-state index contributed by atoms with van der Waals surface area (Å²) < 4.78 is 23.5. The molecule has 1 fully saturated rings. The summed E-state index contributed by atoms with van der Waals surface area (Å²) in [6, 6.07) is 7.25. The Labute approximate surface area is 131 Å². The van der Waals surface area contributed by atoms with E-state index in [0.717, 1.165) is 10.0 Å². The van der Waals surface area contributed by atoms with Crippen molar-refractivity contribution in [3.05, 3.63) is 34.3 Å². The maximum Gasteiger partial charge on any atom is 0.242 e. The normalized spacial score (nSPS) is 20.0. The number of nitrogens with one attached hydrogen (secondary N) is 2. The molecule has 2 rings (SSSR count). The Morgan fingerprint density at radius 2 is 1.86 bits per heavy atom. The van der Waals surface area contributed by atoms with Crippen LogP contribution in [0.1, 0.15) is 12.0 Å². The zero-order valence-corrected chi connectivity index (χ0v) is 13.5. The van der Waals surface area contributed by atoms with Crippen LogP contribution in [0.25, 0.3) is 0 Å². The summed E-state index contributed by atoms with van der Waals surface area (Å²) >= 11 is 3.30. The minimum absolute atomic E-state index is 0.0257. The van der Waals surface area contributed by atoms with Gasteiger partial charge in [0.05, 0.1) is 23.8 Å². The van der Waals surface area contributed by atoms with Crippen molar-refractivity contribution < 1.29 is 18.0 Å². The average Bonchev–Trinajstić information content (AvgIpc) is 2.79. The fourth-order valence-corrected chi connectivity index (χ4v) is 4.07. The van der Waals surface area contributed by atoms with Gasteiger partial charge in [-0.15, -0.1) is 0 Å². The van der Waals surface area contributed by atoms with Crippen molar-refractivity contribution in [1.29, 1.82) is 0 Å². The van der Waals surface area contributed by atoms with E-state index in [-0.39, 0.29) is 23.8 Å². The molecule has 0 bridgehead atoms. The van der Waals surface area contributed by atoms with E-state index >= 15 is 0 Å². The summed E-state index contributed by atoms with van der Waals surface area (Å²) in [7, 11) is -3.11. The molecule has 0 spiro atoms. The predicted octanol–water partition coefficient (Wildman–Crippen LogP) is 0.574. The maximum absolute atomic E-state index is 11.7. The van der Waals surface area contributed by atoms with Crippen molar-refractivity contribution in [2.75, 3.05) is 11.5 Å². The minimum atomic E-state index is -3.11. The molecule has 1 saturated heterocycles. The van der Waals surface area contributed by atoms with Crippen molar-refractivity contribution in [3.63, 3.8) is 0 Å². The third-order valence-electron chi connectivity index (χ3n) is 3.21. The molecule has 2 amide bonds. The smallest absolute Gasteiger partial charge is 0.242 e. The first-order chi connectivity index (χ1) is 9.85. The summed E-state index contributed by atoms with van der Waals surface area (Å²) in [5, 5.41) is 0. The highest BCUT2D eigenvalue weighted by Crippen LogP contribution is 2.18. The Hall–Kier alpha value is -1.41. The number of hydrogen-bond acceptors (Lipinski definition) is 4. The van der Waals surface area contributed by atoms with Gasteiger partial charge in [-0.05, 0) is 24.1 Å². The number of sulfone groups is 1. The summed E-state index contributed by atoms with van der Waals surface area (Å²) in [5.41, 5.74) is 5.40. The highest BCUT2D eigenvalue weighted by molar-refractivity contribution is 9.10. The van der Waals surface area contributed by atoms with Gasteiger partial charge in [-0.2, -0.15) is 0 Å². The molecule has 0 radical (unpaired) electrons. The first-order valence-electron chi connectivity index (χ1n) is 6.39. The Balaban J connectivity index is 1.79. The van der Waals surface area contributed by atoms with E-state index in [1.165, 1.54) is 0 Å². The van der Waals surface area contributed by atoms with Gasteiger partial charge in [0.1, 0.15) is 0 Å². The third-order valence-corrected chi connectivity index (χ3v) is 5.50. The molecule has 2 N–H and O–H groups in total. The van der Waals surface area contributed by atoms with Gasteiger partial charge in [-0.25, -0.2) is 8.42 Å². The van der Waals surface area contributed by atoms with Crippen LogP contribution in [-0.4, -0.2) is 31.7 Å². The van der Waals surface area contributed by atoms with Crippen LogP contribution in [0.4, 0.5) is 0 Å². The fraction of sp³-hybridized carbons (Fsp3) is 0.385. The van der Waals surface area contributed by atoms with Crippen LogP contribution in [-0.2, 0) is 25.8 Å². The molecule has 0 aromatic heterocycles. The first-order valence-corrected chi connectivity index (χ1v) is 9.01. The van der Waals surface area contributed by atoms with Gasteiger partial charge in [-0.3, -0.25) is 20.4 Å². The van der Waals surface area contributed by atoms with E-state index in [4.69, 9.17) is 0 Å². The van der Waals surface area contributed by atoms with Crippen LogP contribution < -0.4 is 10.9 Å². The van der Waals surface area contributed by atoms with Gasteiger partial charge in [0.25, 0.3) is 0 Å². The number of hydrazine groups is 1. The van der Waals surface area contributed by atoms with Crippen molar-refractivity contribution >= 4 is 37.6 Å². The number of hydrogen-bond donors (Lipinski definition) is 2. The number of halogens is 1. The summed E-state index contributed by atoms with van der Waals surface area (Å²) in [6.07, 6.45) is 0.438. The number of rotatable bonds is 3. The lowest BCUT2D eigenvalue weighted by atomic mass is 10.1. The maximum atomic E-state index is 11.7. The van der Waals surface area contributed by atoms with Gasteiger partial charge in [0, 0.05) is 4.47 Å². The fourth-order valence-electron chi connectivity index (χ4n) is 2.07. The Morgan fingerprint density at radius 3 is 2.43 bits per heavy atom. The van der Waals surface area contributed by atoms with E-state index in [0.29, 0.717) is 6.42 Å². The molecule has 114 valence electrons. The molecule has 6 nitrogen and oxygen atoms in total. The second-order valence-corrected chi connectivity index (χ2v) is 8.09. The van der Waals surface area contributed by atoms with E-state index < -0.39 is 21.7 Å². The zero-order valence-electron chi connectivity index (χ0n) is 11.1. The lowest BCUT2D eigenvalue weighted by Gasteiger charge is -2.10. The third kappa shape index (κ3) is 4.82. The van der Waals surface area contributed by atoms with Crippen LogP contribution >= 0.6 is 15.9 Å². The Kier molecular flexibility index (Phi) is 5.00. The zero-order chi connectivity index (χ0) is 15.5. The minimum Gasteiger partial charge on any atom is -0.273 e. The van der Waals surface area contributed by atoms with Crippen molar-refractivity contribution in [2.24, 2.45) is 5.92 Å². The van der Waals surface area contributed by atoms with E-state index in [1.807, 2.05) is 12.1 Å². The van der Waals surface area contributed by atoms with Crippen molar-refractivity contribution in [2.45, 2.75) is 12.8 Å². The molecular formula is C13H15BrN2O4S. The molecule has 21 heavy (non-hydrogen) atoms. The number of amides is 2. The second-order valence-electron chi connectivity index (χ2n) is 4.94. The topological polar surface area (TPSA) is 92.3 Å². The monoisotopic (exact) mass is 374 g/mol. The first kappa shape index (κ1) is 16.0. The van der Waals surface area contributed by atoms with Gasteiger partial charge >= 0.3 is 0 Å². The molecule has 1 aliphatic heterocycles. The van der Waals surface area contributed by atoms with Crippen LogP contribution in [0, 0.1) is 5.92 Å². The van der Waals surface area contributed by atoms with Gasteiger partial charge in [0.15, 0.2) is 9.84 Å². The molecule has 8 heteroatoms. The van der Waals surface area contributed by atoms with Crippen LogP contribution in [0.5, 0.6) is 0 Å². The summed E-state index contributed by atoms with van der Waals surface area (Å²) in [6.45, 7) is 0. The van der Waals surface area contributed by atoms with E-state index in [2.05, 4.69) is 26.8 Å². The quantitative estimate of drug-likeness (QED) is 0.756. The molecule has 0 unspecified atom stereocenters. The molecule has 1 aliphatic rings. The number of benzene rings is 1. The highest BCUT2D eigenvalue weighted by atomic mass is 79.9. The lowest BCUT2D eigenvalue weighted by molar-refractivity contribution is -0.130. The summed E-state index contributed by atoms with van der Waals surface area (Å²) in [5.74, 6) is -1.52. The largest absolute Gasteiger partial charge is 0.273 e. The molecule has 1 atom stereocenters. The SMILES string of the molecule is O=C(Cc1ccc(Br)cc1)NNC(=O)[C@H]1CCS(=O)(=O)C1. The van der Waals surface area contributed by atoms with Crippen LogP contribution in [0.2, 0.25) is 0 Å². The number of carbonyl (C=O) groups is 2. The Morgan fingerprint density at radius 1 is 1.19 bits per heavy atom. The summed E-state index contributed by atoms with van der Waals surface area (Å²) in [4.78, 5) is 23.4. The highest BCUT2D eigenvalue weighted by Gasteiger charge is 2.33. The van der Waals surface area contributed by atoms with Gasteiger partial charge in [-0.1, -0.05) is 28.1 Å². The van der Waals surface area contributed by atoms with E-state index in [9.17, 15) is 18.0 Å². The van der Waals surface area contributed by atoms with Gasteiger partial charge < -0.3 is 0 Å². The standard InChI is InChI=1S/C13H15BrN2O4S/c14-11-3-1-9(2-4-11)7-12(17)15-16-13(18)10-5-6-21(19,20)8-10/h1-4,10H,5-8H2,(H,15,17)(H,16,18)/t10-/m0/s1. The van der Waals surface area contributed by atoms with Crippen molar-refractivity contribution in [1.82, 2.24) is 10.9 Å².